The molecule has 0 saturated heterocycles. The van der Waals surface area contributed by atoms with Crippen LogP contribution in [0.25, 0.3) is 0 Å². The smallest absolute Gasteiger partial charge is 0.0320 e. The second-order valence-corrected chi connectivity index (χ2v) is 5.63. The van der Waals surface area contributed by atoms with Crippen LogP contribution in [0.4, 0.5) is 0 Å². The summed E-state index contributed by atoms with van der Waals surface area (Å²) >= 11 is 0. The molecule has 0 radical (unpaired) electrons. The van der Waals surface area contributed by atoms with Crippen molar-refractivity contribution in [2.75, 3.05) is 0 Å². The third kappa shape index (κ3) is 12.2. The van der Waals surface area contributed by atoms with Crippen LogP contribution in [-0.4, -0.2) is 0 Å². The zero-order valence-corrected chi connectivity index (χ0v) is 13.3. The summed E-state index contributed by atoms with van der Waals surface area (Å²) in [6, 6.07) is 0. The summed E-state index contributed by atoms with van der Waals surface area (Å²) in [6.07, 6.45) is 20.5. The molecule has 0 heteroatoms. The topological polar surface area (TPSA) is 0 Å². The Morgan fingerprint density at radius 3 is 1.72 bits per heavy atom. The highest BCUT2D eigenvalue weighted by Gasteiger charge is 1.98. The van der Waals surface area contributed by atoms with E-state index in [1.165, 1.54) is 83.5 Å². The number of hydrogen-bond donors (Lipinski definition) is 0. The highest BCUT2D eigenvalue weighted by atomic mass is 14.0. The van der Waals surface area contributed by atoms with Gasteiger partial charge in [0.05, 0.1) is 0 Å². The summed E-state index contributed by atoms with van der Waals surface area (Å²) in [4.78, 5) is 0. The van der Waals surface area contributed by atoms with Gasteiger partial charge in [0.25, 0.3) is 0 Å². The molecule has 0 atom stereocenters. The predicted molar refractivity (Wildman–Crippen MR) is 85.1 cm³/mol. The number of rotatable bonds is 13. The summed E-state index contributed by atoms with van der Waals surface area (Å²) in [5.41, 5.74) is 1.76. The maximum absolute atomic E-state index is 2.57. The Hall–Kier alpha value is -0.260. The fourth-order valence-electron chi connectivity index (χ4n) is 2.41. The maximum Gasteiger partial charge on any atom is -0.0320 e. The van der Waals surface area contributed by atoms with Crippen molar-refractivity contribution >= 4 is 0 Å². The normalized spacial score (nSPS) is 12.1. The van der Waals surface area contributed by atoms with Crippen molar-refractivity contribution in [2.45, 2.75) is 104 Å². The lowest BCUT2D eigenvalue weighted by molar-refractivity contribution is 0.632. The van der Waals surface area contributed by atoms with Crippen molar-refractivity contribution in [3.8, 4) is 0 Å². The van der Waals surface area contributed by atoms with Crippen molar-refractivity contribution in [3.05, 3.63) is 11.6 Å². The first kappa shape index (κ1) is 17.7. The maximum atomic E-state index is 2.57. The summed E-state index contributed by atoms with van der Waals surface area (Å²) in [5, 5.41) is 0. The molecule has 0 N–H and O–H groups in total. The molecule has 0 heterocycles. The van der Waals surface area contributed by atoms with Gasteiger partial charge in [-0.1, -0.05) is 77.4 Å². The highest BCUT2D eigenvalue weighted by molar-refractivity contribution is 5.01. The van der Waals surface area contributed by atoms with Crippen LogP contribution in [0.3, 0.4) is 0 Å². The van der Waals surface area contributed by atoms with Crippen LogP contribution in [-0.2, 0) is 0 Å². The van der Waals surface area contributed by atoms with E-state index in [-0.39, 0.29) is 0 Å². The summed E-state index contributed by atoms with van der Waals surface area (Å²) in [7, 11) is 0. The second kappa shape index (κ2) is 14.8. The molecule has 0 aliphatic carbocycles. The van der Waals surface area contributed by atoms with Gasteiger partial charge in [-0.2, -0.15) is 0 Å². The van der Waals surface area contributed by atoms with E-state index in [0.29, 0.717) is 0 Å². The zero-order valence-electron chi connectivity index (χ0n) is 13.3. The molecule has 0 bridgehead atoms. The van der Waals surface area contributed by atoms with E-state index in [0.717, 1.165) is 0 Å². The number of allylic oxidation sites excluding steroid dienone is 2. The monoisotopic (exact) mass is 252 g/mol. The van der Waals surface area contributed by atoms with Crippen LogP contribution in [0, 0.1) is 0 Å². The van der Waals surface area contributed by atoms with Crippen molar-refractivity contribution in [3.63, 3.8) is 0 Å². The van der Waals surface area contributed by atoms with Crippen molar-refractivity contribution in [2.24, 2.45) is 0 Å². The lowest BCUT2D eigenvalue weighted by Crippen LogP contribution is -1.88. The zero-order chi connectivity index (χ0) is 13.5. The van der Waals surface area contributed by atoms with Gasteiger partial charge in [0, 0.05) is 0 Å². The minimum atomic E-state index is 1.32. The van der Waals surface area contributed by atoms with E-state index in [1.54, 1.807) is 5.57 Å². The van der Waals surface area contributed by atoms with E-state index in [2.05, 4.69) is 26.8 Å². The molecule has 0 rings (SSSR count). The van der Waals surface area contributed by atoms with E-state index < -0.39 is 0 Å². The Balaban J connectivity index is 3.82. The Morgan fingerprint density at radius 1 is 0.611 bits per heavy atom. The van der Waals surface area contributed by atoms with Gasteiger partial charge < -0.3 is 0 Å². The Bertz CT molecular complexity index is 178. The van der Waals surface area contributed by atoms with Gasteiger partial charge in [0.1, 0.15) is 0 Å². The molecule has 0 unspecified atom stereocenters. The molecule has 0 saturated carbocycles. The minimum absolute atomic E-state index is 1.32. The van der Waals surface area contributed by atoms with Crippen LogP contribution < -0.4 is 0 Å². The molecule has 0 aliphatic heterocycles. The second-order valence-electron chi connectivity index (χ2n) is 5.63. The van der Waals surface area contributed by atoms with Crippen LogP contribution >= 0.6 is 0 Å². The highest BCUT2D eigenvalue weighted by Crippen LogP contribution is 2.18. The first-order valence-corrected chi connectivity index (χ1v) is 8.53. The molecule has 108 valence electrons. The molecule has 0 aromatic heterocycles. The van der Waals surface area contributed by atoms with Gasteiger partial charge in [0.2, 0.25) is 0 Å². The predicted octanol–water partition coefficient (Wildman–Crippen LogP) is 7.04. The molecule has 0 fully saturated rings. The van der Waals surface area contributed by atoms with Crippen molar-refractivity contribution < 1.29 is 0 Å². The SMILES string of the molecule is CCCCCC=C(CCCCC)CCCCCC. The standard InChI is InChI=1S/C18H36/c1-4-7-10-13-16-18(15-12-9-6-3)17-14-11-8-5-2/h16H,4-15,17H2,1-3H3. The molecule has 0 aliphatic rings. The number of unbranched alkanes of at least 4 members (excludes halogenated alkanes) is 8. The molecular weight excluding hydrogens is 216 g/mol. The lowest BCUT2D eigenvalue weighted by Gasteiger charge is -2.08. The van der Waals surface area contributed by atoms with E-state index in [1.807, 2.05) is 0 Å². The fraction of sp³-hybridized carbons (Fsp3) is 0.889. The summed E-state index contributed by atoms with van der Waals surface area (Å²) in [5.74, 6) is 0. The molecule has 0 nitrogen and oxygen atoms in total. The summed E-state index contributed by atoms with van der Waals surface area (Å²) in [6.45, 7) is 6.88. The van der Waals surface area contributed by atoms with Gasteiger partial charge in [-0.15, -0.1) is 0 Å². The minimum Gasteiger partial charge on any atom is -0.0853 e. The van der Waals surface area contributed by atoms with E-state index >= 15 is 0 Å². The van der Waals surface area contributed by atoms with Gasteiger partial charge in [-0.25, -0.2) is 0 Å². The molecule has 0 aromatic carbocycles. The number of hydrogen-bond acceptors (Lipinski definition) is 0. The third-order valence-electron chi connectivity index (χ3n) is 3.69. The summed E-state index contributed by atoms with van der Waals surface area (Å²) < 4.78 is 0. The van der Waals surface area contributed by atoms with Crippen LogP contribution in [0.2, 0.25) is 0 Å². The Kier molecular flexibility index (Phi) is 14.6. The Labute approximate surface area is 116 Å². The Morgan fingerprint density at radius 2 is 1.11 bits per heavy atom. The molecule has 0 spiro atoms. The van der Waals surface area contributed by atoms with Crippen LogP contribution in [0.5, 0.6) is 0 Å². The van der Waals surface area contributed by atoms with Crippen molar-refractivity contribution in [1.29, 1.82) is 0 Å². The first-order chi connectivity index (χ1) is 8.85. The van der Waals surface area contributed by atoms with E-state index in [4.69, 9.17) is 0 Å². The largest absolute Gasteiger partial charge is 0.0853 e. The molecule has 0 aromatic rings. The average molecular weight is 252 g/mol. The van der Waals surface area contributed by atoms with Gasteiger partial charge in [-0.05, 0) is 38.5 Å². The molecule has 0 amide bonds. The van der Waals surface area contributed by atoms with Crippen LogP contribution in [0.15, 0.2) is 11.6 Å². The van der Waals surface area contributed by atoms with Crippen molar-refractivity contribution in [1.82, 2.24) is 0 Å². The van der Waals surface area contributed by atoms with Crippen LogP contribution in [0.1, 0.15) is 104 Å². The quantitative estimate of drug-likeness (QED) is 0.243. The average Bonchev–Trinajstić information content (AvgIpc) is 2.39. The van der Waals surface area contributed by atoms with Gasteiger partial charge in [0.15, 0.2) is 0 Å². The lowest BCUT2D eigenvalue weighted by atomic mass is 9.99. The fourth-order valence-corrected chi connectivity index (χ4v) is 2.41. The van der Waals surface area contributed by atoms with Gasteiger partial charge in [-0.3, -0.25) is 0 Å². The first-order valence-electron chi connectivity index (χ1n) is 8.53. The molecule has 18 heavy (non-hydrogen) atoms. The molecular formula is C18H36. The van der Waals surface area contributed by atoms with Gasteiger partial charge >= 0.3 is 0 Å². The van der Waals surface area contributed by atoms with E-state index in [9.17, 15) is 0 Å². The third-order valence-corrected chi connectivity index (χ3v) is 3.69.